The van der Waals surface area contributed by atoms with E-state index in [-0.39, 0.29) is 17.4 Å². The van der Waals surface area contributed by atoms with Gasteiger partial charge in [0, 0.05) is 12.0 Å². The third kappa shape index (κ3) is 3.24. The predicted molar refractivity (Wildman–Crippen MR) is 82.2 cm³/mol. The van der Waals surface area contributed by atoms with E-state index in [4.69, 9.17) is 5.73 Å². The zero-order valence-electron chi connectivity index (χ0n) is 12.0. The Balaban J connectivity index is 2.46. The average Bonchev–Trinajstić information content (AvgIpc) is 2.40. The maximum atomic E-state index is 6.56. The van der Waals surface area contributed by atoms with Crippen molar-refractivity contribution in [2.45, 2.75) is 32.7 Å². The van der Waals surface area contributed by atoms with E-state index in [0.29, 0.717) is 0 Å². The molecule has 0 heterocycles. The molecule has 0 amide bonds. The van der Waals surface area contributed by atoms with Crippen LogP contribution in [0.5, 0.6) is 0 Å². The van der Waals surface area contributed by atoms with Gasteiger partial charge in [0.25, 0.3) is 0 Å². The van der Waals surface area contributed by atoms with Crippen LogP contribution in [0, 0.1) is 5.41 Å². The maximum Gasteiger partial charge on any atom is 0.0246 e. The SMILES string of the molecule is CC(C)(C)[C@@H](N)C(c1ccccc1)c1ccccc1. The quantitative estimate of drug-likeness (QED) is 0.872. The summed E-state index contributed by atoms with van der Waals surface area (Å²) in [6, 6.07) is 21.2. The summed E-state index contributed by atoms with van der Waals surface area (Å²) in [4.78, 5) is 0. The van der Waals surface area contributed by atoms with Gasteiger partial charge in [-0.1, -0.05) is 81.4 Å². The van der Waals surface area contributed by atoms with Crippen molar-refractivity contribution in [2.24, 2.45) is 11.1 Å². The smallest absolute Gasteiger partial charge is 0.0246 e. The predicted octanol–water partition coefficient (Wildman–Crippen LogP) is 4.19. The summed E-state index contributed by atoms with van der Waals surface area (Å²) in [6.45, 7) is 6.61. The van der Waals surface area contributed by atoms with Gasteiger partial charge in [-0.3, -0.25) is 0 Å². The van der Waals surface area contributed by atoms with E-state index in [1.54, 1.807) is 0 Å². The lowest BCUT2D eigenvalue weighted by Crippen LogP contribution is -2.41. The van der Waals surface area contributed by atoms with Crippen molar-refractivity contribution >= 4 is 0 Å². The lowest BCUT2D eigenvalue weighted by molar-refractivity contribution is 0.297. The van der Waals surface area contributed by atoms with E-state index in [2.05, 4.69) is 69.3 Å². The first-order chi connectivity index (χ1) is 9.00. The molecule has 0 saturated carbocycles. The van der Waals surface area contributed by atoms with Crippen LogP contribution in [-0.4, -0.2) is 6.04 Å². The number of nitrogens with two attached hydrogens (primary N) is 1. The van der Waals surface area contributed by atoms with Gasteiger partial charge in [-0.2, -0.15) is 0 Å². The van der Waals surface area contributed by atoms with Crippen LogP contribution in [0.1, 0.15) is 37.8 Å². The Morgan fingerprint density at radius 1 is 0.737 bits per heavy atom. The highest BCUT2D eigenvalue weighted by molar-refractivity contribution is 5.34. The Morgan fingerprint density at radius 3 is 1.42 bits per heavy atom. The number of hydrogen-bond acceptors (Lipinski definition) is 1. The number of hydrogen-bond donors (Lipinski definition) is 1. The largest absolute Gasteiger partial charge is 0.326 e. The highest BCUT2D eigenvalue weighted by Gasteiger charge is 2.30. The maximum absolute atomic E-state index is 6.56. The van der Waals surface area contributed by atoms with Crippen LogP contribution in [-0.2, 0) is 0 Å². The molecule has 19 heavy (non-hydrogen) atoms. The van der Waals surface area contributed by atoms with Crippen LogP contribution in [0.15, 0.2) is 60.7 Å². The van der Waals surface area contributed by atoms with Crippen molar-refractivity contribution in [1.82, 2.24) is 0 Å². The Hall–Kier alpha value is -1.60. The third-order valence-corrected chi connectivity index (χ3v) is 3.68. The van der Waals surface area contributed by atoms with Gasteiger partial charge in [0.2, 0.25) is 0 Å². The highest BCUT2D eigenvalue weighted by Crippen LogP contribution is 2.35. The molecule has 0 spiro atoms. The lowest BCUT2D eigenvalue weighted by Gasteiger charge is -2.35. The van der Waals surface area contributed by atoms with Gasteiger partial charge in [0.1, 0.15) is 0 Å². The monoisotopic (exact) mass is 253 g/mol. The van der Waals surface area contributed by atoms with Crippen molar-refractivity contribution in [1.29, 1.82) is 0 Å². The minimum absolute atomic E-state index is 0.0658. The highest BCUT2D eigenvalue weighted by atomic mass is 14.7. The van der Waals surface area contributed by atoms with E-state index in [1.165, 1.54) is 11.1 Å². The molecule has 0 bridgehead atoms. The minimum Gasteiger partial charge on any atom is -0.326 e. The molecule has 0 aliphatic carbocycles. The molecular formula is C18H23N. The summed E-state index contributed by atoms with van der Waals surface area (Å²) < 4.78 is 0. The molecule has 1 atom stereocenters. The summed E-state index contributed by atoms with van der Waals surface area (Å²) in [6.07, 6.45) is 0. The molecular weight excluding hydrogens is 230 g/mol. The summed E-state index contributed by atoms with van der Waals surface area (Å²) in [7, 11) is 0. The average molecular weight is 253 g/mol. The van der Waals surface area contributed by atoms with Gasteiger partial charge < -0.3 is 5.73 Å². The zero-order valence-corrected chi connectivity index (χ0v) is 12.0. The molecule has 2 aromatic carbocycles. The molecule has 0 saturated heterocycles. The first kappa shape index (κ1) is 13.8. The Labute approximate surface area is 116 Å². The molecule has 0 aliphatic rings. The van der Waals surface area contributed by atoms with Gasteiger partial charge >= 0.3 is 0 Å². The Morgan fingerprint density at radius 2 is 1.11 bits per heavy atom. The Kier molecular flexibility index (Phi) is 4.06. The van der Waals surface area contributed by atoms with E-state index < -0.39 is 0 Å². The first-order valence-electron chi connectivity index (χ1n) is 6.85. The molecule has 2 N–H and O–H groups in total. The lowest BCUT2D eigenvalue weighted by atomic mass is 9.74. The second kappa shape index (κ2) is 5.58. The van der Waals surface area contributed by atoms with Crippen LogP contribution in [0.3, 0.4) is 0 Å². The molecule has 0 radical (unpaired) electrons. The van der Waals surface area contributed by atoms with Crippen LogP contribution in [0.25, 0.3) is 0 Å². The van der Waals surface area contributed by atoms with Crippen LogP contribution in [0.2, 0.25) is 0 Å². The van der Waals surface area contributed by atoms with Crippen LogP contribution >= 0.6 is 0 Å². The second-order valence-electron chi connectivity index (χ2n) is 6.19. The van der Waals surface area contributed by atoms with E-state index in [9.17, 15) is 0 Å². The van der Waals surface area contributed by atoms with Crippen molar-refractivity contribution in [2.75, 3.05) is 0 Å². The fraction of sp³-hybridized carbons (Fsp3) is 0.333. The fourth-order valence-corrected chi connectivity index (χ4v) is 2.43. The molecule has 2 aromatic rings. The van der Waals surface area contributed by atoms with Crippen LogP contribution in [0.4, 0.5) is 0 Å². The van der Waals surface area contributed by atoms with E-state index in [0.717, 1.165) is 0 Å². The van der Waals surface area contributed by atoms with Crippen molar-refractivity contribution in [3.63, 3.8) is 0 Å². The molecule has 1 nitrogen and oxygen atoms in total. The minimum atomic E-state index is 0.0658. The summed E-state index contributed by atoms with van der Waals surface area (Å²) >= 11 is 0. The normalized spacial score (nSPS) is 13.5. The van der Waals surface area contributed by atoms with Crippen molar-refractivity contribution in [3.8, 4) is 0 Å². The van der Waals surface area contributed by atoms with E-state index >= 15 is 0 Å². The zero-order chi connectivity index (χ0) is 13.9. The molecule has 0 unspecified atom stereocenters. The van der Waals surface area contributed by atoms with Gasteiger partial charge in [0.05, 0.1) is 0 Å². The van der Waals surface area contributed by atoms with Crippen LogP contribution < -0.4 is 5.73 Å². The van der Waals surface area contributed by atoms with Gasteiger partial charge in [-0.05, 0) is 16.5 Å². The standard InChI is InChI=1S/C18H23N/c1-18(2,3)17(19)16(14-10-6-4-7-11-14)15-12-8-5-9-13-15/h4-13,16-17H,19H2,1-3H3/t17-/m0/s1. The third-order valence-electron chi connectivity index (χ3n) is 3.68. The summed E-state index contributed by atoms with van der Waals surface area (Å²) in [5, 5.41) is 0. The molecule has 0 aliphatic heterocycles. The molecule has 1 heteroatoms. The summed E-state index contributed by atoms with van der Waals surface area (Å²) in [5.41, 5.74) is 9.20. The molecule has 100 valence electrons. The molecule has 0 fully saturated rings. The number of rotatable bonds is 3. The van der Waals surface area contributed by atoms with E-state index in [1.807, 2.05) is 12.1 Å². The van der Waals surface area contributed by atoms with Gasteiger partial charge in [-0.15, -0.1) is 0 Å². The number of benzene rings is 2. The van der Waals surface area contributed by atoms with Crippen molar-refractivity contribution in [3.05, 3.63) is 71.8 Å². The van der Waals surface area contributed by atoms with Crippen molar-refractivity contribution < 1.29 is 0 Å². The summed E-state index contributed by atoms with van der Waals surface area (Å²) in [5.74, 6) is 0.238. The molecule has 0 aromatic heterocycles. The second-order valence-corrected chi connectivity index (χ2v) is 6.19. The van der Waals surface area contributed by atoms with Gasteiger partial charge in [-0.25, -0.2) is 0 Å². The molecule has 2 rings (SSSR count). The Bertz CT molecular complexity index is 457. The van der Waals surface area contributed by atoms with Gasteiger partial charge in [0.15, 0.2) is 0 Å². The topological polar surface area (TPSA) is 26.0 Å². The fourth-order valence-electron chi connectivity index (χ4n) is 2.43. The first-order valence-corrected chi connectivity index (χ1v) is 6.85.